The van der Waals surface area contributed by atoms with E-state index in [9.17, 15) is 5.11 Å². The van der Waals surface area contributed by atoms with Crippen molar-refractivity contribution in [2.75, 3.05) is 6.61 Å². The van der Waals surface area contributed by atoms with Gasteiger partial charge in [0.25, 0.3) is 0 Å². The molecule has 0 saturated carbocycles. The molecule has 0 aliphatic carbocycles. The van der Waals surface area contributed by atoms with Gasteiger partial charge in [0.15, 0.2) is 0 Å². The van der Waals surface area contributed by atoms with E-state index in [0.29, 0.717) is 6.61 Å². The zero-order valence-corrected chi connectivity index (χ0v) is 9.08. The number of aliphatic hydroxyl groups excluding tert-OH is 1. The van der Waals surface area contributed by atoms with Crippen molar-refractivity contribution in [2.45, 2.75) is 33.3 Å². The predicted molar refractivity (Wildman–Crippen MR) is 57.6 cm³/mol. The number of rotatable bonds is 4. The standard InChI is InChI=1S/C12H18O2/c1-4-7-14-12-8-9(2)5-6-11(12)10(3)13/h5-6,8,10,13H,4,7H2,1-3H3/t10-/m0/s1. The molecule has 1 aromatic rings. The van der Waals surface area contributed by atoms with Gasteiger partial charge in [-0.3, -0.25) is 0 Å². The summed E-state index contributed by atoms with van der Waals surface area (Å²) in [6.07, 6.45) is 0.509. The fraction of sp³-hybridized carbons (Fsp3) is 0.500. The van der Waals surface area contributed by atoms with Gasteiger partial charge in [0.2, 0.25) is 0 Å². The minimum atomic E-state index is -0.470. The SMILES string of the molecule is CCCOc1cc(C)ccc1[C@H](C)O. The van der Waals surface area contributed by atoms with Crippen LogP contribution in [0.15, 0.2) is 18.2 Å². The summed E-state index contributed by atoms with van der Waals surface area (Å²) < 4.78 is 5.57. The van der Waals surface area contributed by atoms with Crippen LogP contribution in [0.5, 0.6) is 5.75 Å². The average molecular weight is 194 g/mol. The Morgan fingerprint density at radius 3 is 2.71 bits per heavy atom. The molecule has 0 aliphatic rings. The Morgan fingerprint density at radius 1 is 1.43 bits per heavy atom. The lowest BCUT2D eigenvalue weighted by molar-refractivity contribution is 0.191. The third-order valence-corrected chi connectivity index (χ3v) is 2.08. The van der Waals surface area contributed by atoms with Gasteiger partial charge in [-0.15, -0.1) is 0 Å². The molecule has 0 bridgehead atoms. The van der Waals surface area contributed by atoms with Crippen LogP contribution < -0.4 is 4.74 Å². The molecule has 1 aromatic carbocycles. The molecule has 0 amide bonds. The normalized spacial score (nSPS) is 12.6. The minimum absolute atomic E-state index is 0.470. The van der Waals surface area contributed by atoms with Crippen molar-refractivity contribution in [1.82, 2.24) is 0 Å². The first-order valence-electron chi connectivity index (χ1n) is 5.06. The van der Waals surface area contributed by atoms with Gasteiger partial charge in [-0.2, -0.15) is 0 Å². The van der Waals surface area contributed by atoms with E-state index in [-0.39, 0.29) is 0 Å². The highest BCUT2D eigenvalue weighted by atomic mass is 16.5. The predicted octanol–water partition coefficient (Wildman–Crippen LogP) is 2.84. The van der Waals surface area contributed by atoms with Crippen molar-refractivity contribution < 1.29 is 9.84 Å². The Labute approximate surface area is 85.5 Å². The molecule has 2 heteroatoms. The van der Waals surface area contributed by atoms with Gasteiger partial charge >= 0.3 is 0 Å². The second-order valence-corrected chi connectivity index (χ2v) is 3.57. The number of aryl methyl sites for hydroxylation is 1. The number of hydrogen-bond donors (Lipinski definition) is 1. The van der Waals surface area contributed by atoms with Crippen LogP contribution in [0.4, 0.5) is 0 Å². The summed E-state index contributed by atoms with van der Waals surface area (Å²) in [5, 5.41) is 9.51. The molecular weight excluding hydrogens is 176 g/mol. The summed E-state index contributed by atoms with van der Waals surface area (Å²) >= 11 is 0. The molecule has 1 N–H and O–H groups in total. The van der Waals surface area contributed by atoms with E-state index < -0.39 is 6.10 Å². The lowest BCUT2D eigenvalue weighted by atomic mass is 10.1. The van der Waals surface area contributed by atoms with E-state index in [2.05, 4.69) is 6.92 Å². The summed E-state index contributed by atoms with van der Waals surface area (Å²) in [5.41, 5.74) is 2.02. The Bertz CT molecular complexity index is 292. The molecule has 1 rings (SSSR count). The summed E-state index contributed by atoms with van der Waals surface area (Å²) in [5.74, 6) is 0.807. The molecule has 14 heavy (non-hydrogen) atoms. The molecular formula is C12H18O2. The lowest BCUT2D eigenvalue weighted by Gasteiger charge is -2.13. The van der Waals surface area contributed by atoms with Crippen LogP contribution >= 0.6 is 0 Å². The summed E-state index contributed by atoms with van der Waals surface area (Å²) in [6, 6.07) is 5.88. The topological polar surface area (TPSA) is 29.5 Å². The summed E-state index contributed by atoms with van der Waals surface area (Å²) in [4.78, 5) is 0. The molecule has 0 aliphatic heterocycles. The molecule has 0 unspecified atom stereocenters. The number of aliphatic hydroxyl groups is 1. The molecule has 0 aromatic heterocycles. The van der Waals surface area contributed by atoms with Gasteiger partial charge in [-0.05, 0) is 31.9 Å². The second kappa shape index (κ2) is 5.01. The zero-order chi connectivity index (χ0) is 10.6. The first kappa shape index (κ1) is 11.1. The van der Waals surface area contributed by atoms with E-state index in [0.717, 1.165) is 23.3 Å². The Hall–Kier alpha value is -1.02. The largest absolute Gasteiger partial charge is 0.493 e. The fourth-order valence-corrected chi connectivity index (χ4v) is 1.32. The van der Waals surface area contributed by atoms with Crippen molar-refractivity contribution in [3.63, 3.8) is 0 Å². The highest BCUT2D eigenvalue weighted by molar-refractivity contribution is 5.38. The Balaban J connectivity index is 2.91. The molecule has 78 valence electrons. The molecule has 2 nitrogen and oxygen atoms in total. The number of hydrogen-bond acceptors (Lipinski definition) is 2. The van der Waals surface area contributed by atoms with Crippen LogP contribution in [0.25, 0.3) is 0 Å². The molecule has 0 heterocycles. The third-order valence-electron chi connectivity index (χ3n) is 2.08. The van der Waals surface area contributed by atoms with Crippen LogP contribution in [0, 0.1) is 6.92 Å². The molecule has 0 spiro atoms. The monoisotopic (exact) mass is 194 g/mol. The van der Waals surface area contributed by atoms with E-state index in [4.69, 9.17) is 4.74 Å². The maximum Gasteiger partial charge on any atom is 0.125 e. The van der Waals surface area contributed by atoms with E-state index in [1.165, 1.54) is 0 Å². The maximum absolute atomic E-state index is 9.51. The van der Waals surface area contributed by atoms with Gasteiger partial charge in [0, 0.05) is 5.56 Å². The zero-order valence-electron chi connectivity index (χ0n) is 9.08. The maximum atomic E-state index is 9.51. The molecule has 0 radical (unpaired) electrons. The van der Waals surface area contributed by atoms with E-state index in [1.54, 1.807) is 6.92 Å². The Morgan fingerprint density at radius 2 is 2.14 bits per heavy atom. The minimum Gasteiger partial charge on any atom is -0.493 e. The van der Waals surface area contributed by atoms with Crippen molar-refractivity contribution >= 4 is 0 Å². The van der Waals surface area contributed by atoms with Crippen molar-refractivity contribution in [1.29, 1.82) is 0 Å². The van der Waals surface area contributed by atoms with Crippen LogP contribution in [0.2, 0.25) is 0 Å². The van der Waals surface area contributed by atoms with Crippen LogP contribution in [-0.2, 0) is 0 Å². The second-order valence-electron chi connectivity index (χ2n) is 3.57. The Kier molecular flexibility index (Phi) is 3.96. The van der Waals surface area contributed by atoms with Crippen LogP contribution in [0.1, 0.15) is 37.5 Å². The first-order valence-corrected chi connectivity index (χ1v) is 5.06. The smallest absolute Gasteiger partial charge is 0.125 e. The highest BCUT2D eigenvalue weighted by Crippen LogP contribution is 2.26. The lowest BCUT2D eigenvalue weighted by Crippen LogP contribution is -2.01. The number of ether oxygens (including phenoxy) is 1. The van der Waals surface area contributed by atoms with Gasteiger partial charge in [0.05, 0.1) is 12.7 Å². The third kappa shape index (κ3) is 2.74. The highest BCUT2D eigenvalue weighted by Gasteiger charge is 2.08. The molecule has 0 saturated heterocycles. The summed E-state index contributed by atoms with van der Waals surface area (Å²) in [7, 11) is 0. The average Bonchev–Trinajstić information content (AvgIpc) is 2.14. The van der Waals surface area contributed by atoms with E-state index >= 15 is 0 Å². The quantitative estimate of drug-likeness (QED) is 0.798. The van der Waals surface area contributed by atoms with Gasteiger partial charge in [-0.1, -0.05) is 19.1 Å². The fourth-order valence-electron chi connectivity index (χ4n) is 1.32. The van der Waals surface area contributed by atoms with Gasteiger partial charge in [-0.25, -0.2) is 0 Å². The number of benzene rings is 1. The summed E-state index contributed by atoms with van der Waals surface area (Å²) in [6.45, 7) is 6.54. The van der Waals surface area contributed by atoms with Crippen molar-refractivity contribution in [3.8, 4) is 5.75 Å². The first-order chi connectivity index (χ1) is 6.65. The van der Waals surface area contributed by atoms with Crippen LogP contribution in [0.3, 0.4) is 0 Å². The van der Waals surface area contributed by atoms with Crippen molar-refractivity contribution in [2.24, 2.45) is 0 Å². The van der Waals surface area contributed by atoms with Gasteiger partial charge in [0.1, 0.15) is 5.75 Å². The van der Waals surface area contributed by atoms with Crippen molar-refractivity contribution in [3.05, 3.63) is 29.3 Å². The van der Waals surface area contributed by atoms with Crippen LogP contribution in [-0.4, -0.2) is 11.7 Å². The molecule has 0 fully saturated rings. The van der Waals surface area contributed by atoms with Gasteiger partial charge < -0.3 is 9.84 Å². The molecule has 1 atom stereocenters. The van der Waals surface area contributed by atoms with E-state index in [1.807, 2.05) is 25.1 Å².